The van der Waals surface area contributed by atoms with Crippen LogP contribution in [0.2, 0.25) is 0 Å². The van der Waals surface area contributed by atoms with Crippen LogP contribution in [0.15, 0.2) is 48.8 Å². The van der Waals surface area contributed by atoms with Gasteiger partial charge >= 0.3 is 0 Å². The third-order valence-electron chi connectivity index (χ3n) is 2.85. The van der Waals surface area contributed by atoms with Crippen LogP contribution >= 0.6 is 12.8 Å². The lowest BCUT2D eigenvalue weighted by atomic mass is 9.96. The molecule has 0 unspecified atom stereocenters. The largest absolute Gasteiger partial charge is 0.277 e. The molecule has 0 saturated heterocycles. The molecule has 0 radical (unpaired) electrons. The zero-order valence-corrected chi connectivity index (χ0v) is 10.4. The summed E-state index contributed by atoms with van der Waals surface area (Å²) in [7, 11) is 2.05. The predicted octanol–water partition coefficient (Wildman–Crippen LogP) is 1.65. The van der Waals surface area contributed by atoms with Crippen molar-refractivity contribution in [1.82, 2.24) is 8.96 Å². The Morgan fingerprint density at radius 2 is 1.94 bits per heavy atom. The van der Waals surface area contributed by atoms with Gasteiger partial charge in [-0.1, -0.05) is 54.7 Å². The lowest BCUT2D eigenvalue weighted by Crippen LogP contribution is -2.02. The van der Waals surface area contributed by atoms with Gasteiger partial charge in [0.1, 0.15) is 13.5 Å². The Labute approximate surface area is 106 Å². The normalized spacial score (nSPS) is 10.9. The van der Waals surface area contributed by atoms with Crippen molar-refractivity contribution in [3.63, 3.8) is 0 Å². The van der Waals surface area contributed by atoms with E-state index in [1.807, 2.05) is 30.6 Å². The Kier molecular flexibility index (Phi) is 2.44. The molecule has 0 spiro atoms. The van der Waals surface area contributed by atoms with Crippen LogP contribution < -0.4 is 5.46 Å². The third-order valence-corrected chi connectivity index (χ3v) is 3.15. The minimum Gasteiger partial charge on any atom is -0.277 e. The molecule has 2 heterocycles. The van der Waals surface area contributed by atoms with Gasteiger partial charge in [0.25, 0.3) is 0 Å². The van der Waals surface area contributed by atoms with E-state index in [-0.39, 0.29) is 0 Å². The number of thiol groups is 1. The molecule has 0 N–H and O–H groups in total. The molecule has 0 bridgehead atoms. The van der Waals surface area contributed by atoms with Gasteiger partial charge in [0.05, 0.1) is 0 Å². The second-order valence-electron chi connectivity index (χ2n) is 4.14. The molecule has 82 valence electrons. The number of benzene rings is 1. The van der Waals surface area contributed by atoms with Crippen LogP contribution in [-0.2, 0) is 0 Å². The molecule has 0 aliphatic rings. The molecule has 3 rings (SSSR count). The van der Waals surface area contributed by atoms with Crippen molar-refractivity contribution in [2.24, 2.45) is 0 Å². The SMILES string of the molecule is Bc1cnc2c(c1)c(-c1ccccc1)cn2S. The van der Waals surface area contributed by atoms with Crippen molar-refractivity contribution in [2.45, 2.75) is 0 Å². The van der Waals surface area contributed by atoms with Crippen molar-refractivity contribution in [2.75, 3.05) is 0 Å². The quantitative estimate of drug-likeness (QED) is 0.504. The number of hydrogen-bond acceptors (Lipinski definition) is 2. The molecule has 17 heavy (non-hydrogen) atoms. The van der Waals surface area contributed by atoms with Crippen molar-refractivity contribution in [1.29, 1.82) is 0 Å². The maximum absolute atomic E-state index is 4.41. The first-order valence-corrected chi connectivity index (χ1v) is 5.88. The van der Waals surface area contributed by atoms with Gasteiger partial charge in [-0.2, -0.15) is 0 Å². The van der Waals surface area contributed by atoms with Crippen LogP contribution in [0.1, 0.15) is 0 Å². The molecule has 0 aliphatic heterocycles. The van der Waals surface area contributed by atoms with Crippen LogP contribution in [0.3, 0.4) is 0 Å². The number of nitrogens with zero attached hydrogens (tertiary/aromatic N) is 2. The first-order valence-electron chi connectivity index (χ1n) is 5.48. The average molecular weight is 238 g/mol. The summed E-state index contributed by atoms with van der Waals surface area (Å²) in [6, 6.07) is 12.5. The summed E-state index contributed by atoms with van der Waals surface area (Å²) in [5, 5.41) is 1.14. The van der Waals surface area contributed by atoms with E-state index in [1.54, 1.807) is 3.97 Å². The highest BCUT2D eigenvalue weighted by Gasteiger charge is 2.09. The standard InChI is InChI=1S/C13H11BN2S/c14-10-6-11-12(9-4-2-1-3-5-9)8-16(17)13(11)15-7-10/h1-8,17H,14H2. The molecule has 4 heteroatoms. The lowest BCUT2D eigenvalue weighted by Gasteiger charge is -1.99. The molecular formula is C13H11BN2S. The Morgan fingerprint density at radius 1 is 1.18 bits per heavy atom. The summed E-state index contributed by atoms with van der Waals surface area (Å²) in [6.07, 6.45) is 3.87. The van der Waals surface area contributed by atoms with Crippen LogP contribution in [0.4, 0.5) is 0 Å². The molecule has 1 aromatic carbocycles. The second kappa shape index (κ2) is 3.97. The number of rotatable bonds is 1. The fraction of sp³-hybridized carbons (Fsp3) is 0. The van der Waals surface area contributed by atoms with Gasteiger partial charge in [0.2, 0.25) is 0 Å². The molecule has 3 aromatic rings. The minimum atomic E-state index is 0.901. The van der Waals surface area contributed by atoms with Crippen LogP contribution in [0.25, 0.3) is 22.2 Å². The zero-order valence-electron chi connectivity index (χ0n) is 9.46. The summed E-state index contributed by atoms with van der Waals surface area (Å²) < 4.78 is 1.77. The molecule has 0 amide bonds. The van der Waals surface area contributed by atoms with Crippen LogP contribution in [0.5, 0.6) is 0 Å². The van der Waals surface area contributed by atoms with E-state index in [0.717, 1.165) is 16.5 Å². The maximum atomic E-state index is 4.41. The molecule has 0 saturated carbocycles. The maximum Gasteiger partial charge on any atom is 0.150 e. The third kappa shape index (κ3) is 1.74. The van der Waals surface area contributed by atoms with E-state index in [1.165, 1.54) is 11.1 Å². The van der Waals surface area contributed by atoms with E-state index >= 15 is 0 Å². The van der Waals surface area contributed by atoms with Crippen molar-refractivity contribution in [3.8, 4) is 11.1 Å². The highest BCUT2D eigenvalue weighted by atomic mass is 32.1. The van der Waals surface area contributed by atoms with Gasteiger partial charge in [-0.25, -0.2) is 4.98 Å². The van der Waals surface area contributed by atoms with Gasteiger partial charge in [0.15, 0.2) is 0 Å². The zero-order chi connectivity index (χ0) is 11.8. The van der Waals surface area contributed by atoms with E-state index in [4.69, 9.17) is 0 Å². The predicted molar refractivity (Wildman–Crippen MR) is 77.7 cm³/mol. The topological polar surface area (TPSA) is 17.8 Å². The summed E-state index contributed by atoms with van der Waals surface area (Å²) in [5.74, 6) is 0. The summed E-state index contributed by atoms with van der Waals surface area (Å²) in [5.41, 5.74) is 4.43. The van der Waals surface area contributed by atoms with Gasteiger partial charge < -0.3 is 0 Å². The summed E-state index contributed by atoms with van der Waals surface area (Å²) in [6.45, 7) is 0. The first-order chi connectivity index (χ1) is 8.25. The number of hydrogen-bond donors (Lipinski definition) is 1. The summed E-state index contributed by atoms with van der Waals surface area (Å²) >= 11 is 4.41. The van der Waals surface area contributed by atoms with Gasteiger partial charge in [-0.3, -0.25) is 3.97 Å². The monoisotopic (exact) mass is 238 g/mol. The number of fused-ring (bicyclic) bond motifs is 1. The van der Waals surface area contributed by atoms with Gasteiger partial charge in [0, 0.05) is 23.3 Å². The van der Waals surface area contributed by atoms with E-state index < -0.39 is 0 Å². The van der Waals surface area contributed by atoms with Gasteiger partial charge in [-0.15, -0.1) is 0 Å². The van der Waals surface area contributed by atoms with E-state index in [0.29, 0.717) is 0 Å². The smallest absolute Gasteiger partial charge is 0.150 e. The highest BCUT2D eigenvalue weighted by Crippen LogP contribution is 2.29. The Morgan fingerprint density at radius 3 is 2.71 bits per heavy atom. The minimum absolute atomic E-state index is 0.901. The number of pyridine rings is 1. The second-order valence-corrected chi connectivity index (χ2v) is 4.57. The van der Waals surface area contributed by atoms with Crippen LogP contribution in [0, 0.1) is 0 Å². The van der Waals surface area contributed by atoms with E-state index in [2.05, 4.69) is 43.8 Å². The van der Waals surface area contributed by atoms with Crippen LogP contribution in [-0.4, -0.2) is 16.8 Å². The average Bonchev–Trinajstić information content (AvgIpc) is 2.67. The van der Waals surface area contributed by atoms with Crippen molar-refractivity contribution in [3.05, 3.63) is 48.8 Å². The Hall–Kier alpha value is -1.68. The van der Waals surface area contributed by atoms with E-state index in [9.17, 15) is 0 Å². The van der Waals surface area contributed by atoms with Gasteiger partial charge in [-0.05, 0) is 5.56 Å². The fourth-order valence-corrected chi connectivity index (χ4v) is 2.32. The molecule has 0 fully saturated rings. The Bertz CT molecular complexity index is 676. The molecular weight excluding hydrogens is 227 g/mol. The van der Waals surface area contributed by atoms with Crippen molar-refractivity contribution < 1.29 is 0 Å². The fourth-order valence-electron chi connectivity index (χ4n) is 2.04. The number of aromatic nitrogens is 2. The molecule has 0 aliphatic carbocycles. The Balaban J connectivity index is 2.34. The molecule has 2 nitrogen and oxygen atoms in total. The summed E-state index contributed by atoms with van der Waals surface area (Å²) in [4.78, 5) is 4.41. The van der Waals surface area contributed by atoms with Crippen molar-refractivity contribution >= 4 is 37.2 Å². The molecule has 0 atom stereocenters. The lowest BCUT2D eigenvalue weighted by molar-refractivity contribution is 1.28. The highest BCUT2D eigenvalue weighted by molar-refractivity contribution is 7.78. The molecule has 2 aromatic heterocycles. The first kappa shape index (κ1) is 10.5.